The summed E-state index contributed by atoms with van der Waals surface area (Å²) in [4.78, 5) is 14.1. The van der Waals surface area contributed by atoms with Gasteiger partial charge in [0.15, 0.2) is 0 Å². The monoisotopic (exact) mass is 336 g/mol. The summed E-state index contributed by atoms with van der Waals surface area (Å²) in [6.07, 6.45) is 4.61. The van der Waals surface area contributed by atoms with E-state index in [1.54, 1.807) is 12.1 Å². The second kappa shape index (κ2) is 7.83. The average Bonchev–Trinajstić information content (AvgIpc) is 2.59. The molecule has 3 rings (SSSR count). The average molecular weight is 336 g/mol. The van der Waals surface area contributed by atoms with Crippen molar-refractivity contribution in [1.82, 2.24) is 10.2 Å². The highest BCUT2D eigenvalue weighted by Gasteiger charge is 2.27. The number of hydrogen-bond acceptors (Lipinski definition) is 3. The van der Waals surface area contributed by atoms with Gasteiger partial charge in [0, 0.05) is 32.0 Å². The van der Waals surface area contributed by atoms with E-state index in [0.717, 1.165) is 38.5 Å². The smallest absolute Gasteiger partial charge is 0.317 e. The number of amides is 2. The zero-order chi connectivity index (χ0) is 16.9. The molecule has 0 radical (unpaired) electrons. The summed E-state index contributed by atoms with van der Waals surface area (Å²) in [5, 5.41) is 12.6. The molecule has 1 heterocycles. The number of benzene rings is 1. The SMILES string of the molecule is O=C(NC1CCC(O)CC1)N1CCC(Oc2ccc(F)cc2)CC1. The van der Waals surface area contributed by atoms with Gasteiger partial charge in [0.25, 0.3) is 0 Å². The first-order chi connectivity index (χ1) is 11.6. The largest absolute Gasteiger partial charge is 0.490 e. The Hall–Kier alpha value is -1.82. The van der Waals surface area contributed by atoms with E-state index in [0.29, 0.717) is 18.8 Å². The third-order valence-electron chi connectivity index (χ3n) is 4.87. The van der Waals surface area contributed by atoms with Crippen molar-refractivity contribution in [3.63, 3.8) is 0 Å². The standard InChI is InChI=1S/C18H25FN2O3/c19-13-1-7-16(8-2-13)24-17-9-11-21(12-10-17)18(23)20-14-3-5-15(22)6-4-14/h1-2,7-8,14-15,17,22H,3-6,9-12H2,(H,20,23). The fourth-order valence-corrected chi connectivity index (χ4v) is 3.37. The number of carbonyl (C=O) groups excluding carboxylic acids is 1. The van der Waals surface area contributed by atoms with Crippen molar-refractivity contribution in [2.24, 2.45) is 0 Å². The van der Waals surface area contributed by atoms with Gasteiger partial charge in [-0.05, 0) is 49.9 Å². The zero-order valence-electron chi connectivity index (χ0n) is 13.8. The Balaban J connectivity index is 1.41. The highest BCUT2D eigenvalue weighted by atomic mass is 19.1. The van der Waals surface area contributed by atoms with Crippen LogP contribution in [0.25, 0.3) is 0 Å². The van der Waals surface area contributed by atoms with Crippen molar-refractivity contribution in [2.45, 2.75) is 56.8 Å². The maximum Gasteiger partial charge on any atom is 0.317 e. The quantitative estimate of drug-likeness (QED) is 0.892. The molecule has 2 fully saturated rings. The number of piperidine rings is 1. The number of nitrogens with zero attached hydrogens (tertiary/aromatic N) is 1. The van der Waals surface area contributed by atoms with Crippen LogP contribution in [0.3, 0.4) is 0 Å². The third-order valence-corrected chi connectivity index (χ3v) is 4.87. The topological polar surface area (TPSA) is 61.8 Å². The van der Waals surface area contributed by atoms with Crippen LogP contribution in [0, 0.1) is 5.82 Å². The first kappa shape index (κ1) is 17.0. The minimum absolute atomic E-state index is 0.0170. The first-order valence-corrected chi connectivity index (χ1v) is 8.76. The lowest BCUT2D eigenvalue weighted by atomic mass is 9.93. The number of ether oxygens (including phenoxy) is 1. The van der Waals surface area contributed by atoms with Gasteiger partial charge in [-0.15, -0.1) is 0 Å². The van der Waals surface area contributed by atoms with Gasteiger partial charge in [-0.1, -0.05) is 0 Å². The zero-order valence-corrected chi connectivity index (χ0v) is 13.8. The van der Waals surface area contributed by atoms with Crippen molar-refractivity contribution >= 4 is 6.03 Å². The number of likely N-dealkylation sites (tertiary alicyclic amines) is 1. The van der Waals surface area contributed by atoms with E-state index in [9.17, 15) is 14.3 Å². The van der Waals surface area contributed by atoms with Crippen molar-refractivity contribution < 1.29 is 19.0 Å². The number of urea groups is 1. The van der Waals surface area contributed by atoms with E-state index >= 15 is 0 Å². The minimum atomic E-state index is -0.274. The second-order valence-corrected chi connectivity index (χ2v) is 6.71. The number of rotatable bonds is 3. The van der Waals surface area contributed by atoms with Crippen LogP contribution in [0.5, 0.6) is 5.75 Å². The summed E-state index contributed by atoms with van der Waals surface area (Å²) >= 11 is 0. The van der Waals surface area contributed by atoms with Crippen molar-refractivity contribution in [1.29, 1.82) is 0 Å². The summed E-state index contributed by atoms with van der Waals surface area (Å²) in [5.41, 5.74) is 0. The molecule has 0 unspecified atom stereocenters. The molecule has 1 saturated carbocycles. The molecular formula is C18H25FN2O3. The Morgan fingerprint density at radius 3 is 2.33 bits per heavy atom. The van der Waals surface area contributed by atoms with Crippen molar-refractivity contribution in [2.75, 3.05) is 13.1 Å². The Bertz CT molecular complexity index is 536. The Kier molecular flexibility index (Phi) is 5.56. The molecule has 0 spiro atoms. The molecule has 1 saturated heterocycles. The summed E-state index contributed by atoms with van der Waals surface area (Å²) in [6.45, 7) is 1.32. The Morgan fingerprint density at radius 1 is 1.08 bits per heavy atom. The molecule has 1 aliphatic heterocycles. The number of aliphatic hydroxyl groups excluding tert-OH is 1. The van der Waals surface area contributed by atoms with Gasteiger partial charge >= 0.3 is 6.03 Å². The lowest BCUT2D eigenvalue weighted by molar-refractivity contribution is 0.100. The molecule has 6 heteroatoms. The summed E-state index contributed by atoms with van der Waals surface area (Å²) in [5.74, 6) is 0.393. The maximum atomic E-state index is 12.9. The molecule has 24 heavy (non-hydrogen) atoms. The Labute approximate surface area is 141 Å². The molecule has 0 aromatic heterocycles. The van der Waals surface area contributed by atoms with Crippen LogP contribution in [-0.4, -0.2) is 47.4 Å². The molecule has 5 nitrogen and oxygen atoms in total. The van der Waals surface area contributed by atoms with Gasteiger partial charge in [0.05, 0.1) is 6.10 Å². The molecule has 1 aromatic rings. The highest BCUT2D eigenvalue weighted by molar-refractivity contribution is 5.74. The van der Waals surface area contributed by atoms with Crippen LogP contribution in [0.1, 0.15) is 38.5 Å². The van der Waals surface area contributed by atoms with E-state index in [1.807, 2.05) is 4.90 Å². The molecule has 132 valence electrons. The molecule has 0 atom stereocenters. The predicted molar refractivity (Wildman–Crippen MR) is 88.4 cm³/mol. The van der Waals surface area contributed by atoms with E-state index in [4.69, 9.17) is 4.74 Å². The molecule has 0 bridgehead atoms. The molecular weight excluding hydrogens is 311 g/mol. The van der Waals surface area contributed by atoms with E-state index in [1.165, 1.54) is 12.1 Å². The van der Waals surface area contributed by atoms with Crippen molar-refractivity contribution in [3.8, 4) is 5.75 Å². The molecule has 2 aliphatic rings. The molecule has 1 aromatic carbocycles. The summed E-state index contributed by atoms with van der Waals surface area (Å²) in [6, 6.07) is 6.20. The third kappa shape index (κ3) is 4.60. The van der Waals surface area contributed by atoms with Crippen LogP contribution in [0.4, 0.5) is 9.18 Å². The normalized spacial score (nSPS) is 25.3. The molecule has 2 amide bonds. The number of carbonyl (C=O) groups is 1. The van der Waals surface area contributed by atoms with Crippen LogP contribution >= 0.6 is 0 Å². The van der Waals surface area contributed by atoms with Crippen LogP contribution in [0.15, 0.2) is 24.3 Å². The number of nitrogens with one attached hydrogen (secondary N) is 1. The predicted octanol–water partition coefficient (Wildman–Crippen LogP) is 2.68. The molecule has 1 aliphatic carbocycles. The lowest BCUT2D eigenvalue weighted by Crippen LogP contribution is -2.50. The van der Waals surface area contributed by atoms with E-state index in [2.05, 4.69) is 5.32 Å². The Morgan fingerprint density at radius 2 is 1.71 bits per heavy atom. The number of aliphatic hydroxyl groups is 1. The van der Waals surface area contributed by atoms with Gasteiger partial charge < -0.3 is 20.1 Å². The highest BCUT2D eigenvalue weighted by Crippen LogP contribution is 2.21. The van der Waals surface area contributed by atoms with E-state index in [-0.39, 0.29) is 30.1 Å². The van der Waals surface area contributed by atoms with Crippen molar-refractivity contribution in [3.05, 3.63) is 30.1 Å². The first-order valence-electron chi connectivity index (χ1n) is 8.76. The fourth-order valence-electron chi connectivity index (χ4n) is 3.37. The molecule has 2 N–H and O–H groups in total. The maximum absolute atomic E-state index is 12.9. The lowest BCUT2D eigenvalue weighted by Gasteiger charge is -2.34. The number of halogens is 1. The van der Waals surface area contributed by atoms with Gasteiger partial charge in [0.2, 0.25) is 0 Å². The van der Waals surface area contributed by atoms with Crippen LogP contribution in [-0.2, 0) is 0 Å². The summed E-state index contributed by atoms with van der Waals surface area (Å²) < 4.78 is 18.7. The van der Waals surface area contributed by atoms with Gasteiger partial charge in [-0.3, -0.25) is 0 Å². The van der Waals surface area contributed by atoms with Gasteiger partial charge in [-0.2, -0.15) is 0 Å². The number of hydrogen-bond donors (Lipinski definition) is 2. The van der Waals surface area contributed by atoms with Gasteiger partial charge in [-0.25, -0.2) is 9.18 Å². The van der Waals surface area contributed by atoms with Crippen LogP contribution in [0.2, 0.25) is 0 Å². The van der Waals surface area contributed by atoms with Crippen LogP contribution < -0.4 is 10.1 Å². The summed E-state index contributed by atoms with van der Waals surface area (Å²) in [7, 11) is 0. The van der Waals surface area contributed by atoms with E-state index < -0.39 is 0 Å². The minimum Gasteiger partial charge on any atom is -0.490 e. The second-order valence-electron chi connectivity index (χ2n) is 6.71. The van der Waals surface area contributed by atoms with Gasteiger partial charge in [0.1, 0.15) is 17.7 Å². The fraction of sp³-hybridized carbons (Fsp3) is 0.611.